The Labute approximate surface area is 167 Å². The first-order valence-corrected chi connectivity index (χ1v) is 10.6. The number of H-pyrrole nitrogens is 1. The normalized spacial score (nSPS) is 18.4. The molecule has 0 radical (unpaired) electrons. The van der Waals surface area contributed by atoms with Crippen LogP contribution in [0.25, 0.3) is 10.2 Å². The van der Waals surface area contributed by atoms with Gasteiger partial charge >= 0.3 is 0 Å². The third-order valence-electron chi connectivity index (χ3n) is 5.83. The summed E-state index contributed by atoms with van der Waals surface area (Å²) in [6.45, 7) is 8.47. The highest BCUT2D eigenvalue weighted by Gasteiger charge is 2.28. The van der Waals surface area contributed by atoms with Crippen molar-refractivity contribution in [3.63, 3.8) is 0 Å². The molecule has 4 heterocycles. The number of nitrogens with one attached hydrogen (secondary N) is 2. The quantitative estimate of drug-likeness (QED) is 0.716. The summed E-state index contributed by atoms with van der Waals surface area (Å²) in [6, 6.07) is 0. The lowest BCUT2D eigenvalue weighted by Crippen LogP contribution is -3.13. The zero-order chi connectivity index (χ0) is 19.8. The van der Waals surface area contributed by atoms with Crippen molar-refractivity contribution in [3.8, 4) is 0 Å². The van der Waals surface area contributed by atoms with Crippen LogP contribution in [0.15, 0.2) is 4.79 Å². The fraction of sp³-hybridized carbons (Fsp3) is 0.579. The largest absolute Gasteiger partial charge is 0.333 e. The Kier molecular flexibility index (Phi) is 5.20. The highest BCUT2D eigenvalue weighted by Crippen LogP contribution is 2.25. The van der Waals surface area contributed by atoms with Gasteiger partial charge in [-0.3, -0.25) is 14.4 Å². The smallest absolute Gasteiger partial charge is 0.260 e. The van der Waals surface area contributed by atoms with Crippen LogP contribution in [0.5, 0.6) is 0 Å². The van der Waals surface area contributed by atoms with E-state index in [1.807, 2.05) is 18.7 Å². The van der Waals surface area contributed by atoms with E-state index in [0.29, 0.717) is 43.8 Å². The molecule has 0 aromatic carbocycles. The van der Waals surface area contributed by atoms with Gasteiger partial charge in [0.25, 0.3) is 5.56 Å². The van der Waals surface area contributed by atoms with E-state index in [2.05, 4.69) is 9.97 Å². The van der Waals surface area contributed by atoms with Crippen LogP contribution in [-0.2, 0) is 16.1 Å². The zero-order valence-corrected chi connectivity index (χ0v) is 17.2. The first-order valence-electron chi connectivity index (χ1n) is 9.80. The fourth-order valence-electron chi connectivity index (χ4n) is 4.00. The molecule has 2 fully saturated rings. The maximum absolute atomic E-state index is 12.5. The molecule has 4 rings (SSSR count). The van der Waals surface area contributed by atoms with E-state index in [1.165, 1.54) is 4.90 Å². The number of rotatable bonds is 4. The van der Waals surface area contributed by atoms with Gasteiger partial charge in [-0.1, -0.05) is 0 Å². The van der Waals surface area contributed by atoms with Crippen LogP contribution in [0.1, 0.15) is 29.1 Å². The lowest BCUT2D eigenvalue weighted by molar-refractivity contribution is -0.918. The van der Waals surface area contributed by atoms with Crippen LogP contribution < -0.4 is 10.5 Å². The molecule has 2 aromatic rings. The lowest BCUT2D eigenvalue weighted by Gasteiger charge is -2.32. The second-order valence-corrected chi connectivity index (χ2v) is 8.91. The summed E-state index contributed by atoms with van der Waals surface area (Å²) in [7, 11) is 0. The van der Waals surface area contributed by atoms with Gasteiger partial charge in [-0.2, -0.15) is 0 Å². The average molecular weight is 405 g/mol. The molecule has 2 aliphatic rings. The average Bonchev–Trinajstić information content (AvgIpc) is 3.18. The van der Waals surface area contributed by atoms with Crippen LogP contribution in [0, 0.1) is 13.8 Å². The first kappa shape index (κ1) is 19.1. The van der Waals surface area contributed by atoms with Crippen LogP contribution in [0.4, 0.5) is 0 Å². The molecule has 0 saturated carbocycles. The van der Waals surface area contributed by atoms with E-state index < -0.39 is 0 Å². The predicted molar refractivity (Wildman–Crippen MR) is 107 cm³/mol. The molecule has 0 spiro atoms. The van der Waals surface area contributed by atoms with Gasteiger partial charge in [0.05, 0.1) is 38.1 Å². The number of carbonyl (C=O) groups is 2. The summed E-state index contributed by atoms with van der Waals surface area (Å²) >= 11 is 1.56. The molecule has 9 heteroatoms. The van der Waals surface area contributed by atoms with Crippen molar-refractivity contribution in [3.05, 3.63) is 26.6 Å². The number of likely N-dealkylation sites (tertiary alicyclic amines) is 1. The minimum atomic E-state index is -0.0645. The van der Waals surface area contributed by atoms with Gasteiger partial charge in [0, 0.05) is 17.8 Å². The van der Waals surface area contributed by atoms with Crippen LogP contribution in [0.3, 0.4) is 0 Å². The summed E-state index contributed by atoms with van der Waals surface area (Å²) in [5.74, 6) is 0.824. The van der Waals surface area contributed by atoms with Crippen molar-refractivity contribution in [1.29, 1.82) is 0 Å². The maximum atomic E-state index is 12.5. The van der Waals surface area contributed by atoms with E-state index in [1.54, 1.807) is 16.2 Å². The summed E-state index contributed by atoms with van der Waals surface area (Å²) in [5, 5.41) is 0.702. The number of amides is 2. The number of thiophene rings is 1. The number of aryl methyl sites for hydroxylation is 2. The molecule has 2 aromatic heterocycles. The van der Waals surface area contributed by atoms with E-state index >= 15 is 0 Å². The zero-order valence-electron chi connectivity index (χ0n) is 16.3. The number of hydrogen-bond donors (Lipinski definition) is 2. The van der Waals surface area contributed by atoms with E-state index in [-0.39, 0.29) is 23.9 Å². The topological polar surface area (TPSA) is 90.8 Å². The third-order valence-corrected chi connectivity index (χ3v) is 6.93. The Morgan fingerprint density at radius 2 is 1.96 bits per heavy atom. The van der Waals surface area contributed by atoms with Gasteiger partial charge in [-0.05, 0) is 25.8 Å². The SMILES string of the molecule is Cc1sc2nc(C[NH+]3CCN(C(=O)CN4CCCC4=O)CC3)[nH]c(=O)c2c1C. The van der Waals surface area contributed by atoms with Crippen molar-refractivity contribution in [1.82, 2.24) is 19.8 Å². The number of carbonyl (C=O) groups excluding carboxylic acids is 2. The van der Waals surface area contributed by atoms with Crippen molar-refractivity contribution >= 4 is 33.4 Å². The highest BCUT2D eigenvalue weighted by atomic mass is 32.1. The van der Waals surface area contributed by atoms with Gasteiger partial charge in [0.1, 0.15) is 11.4 Å². The van der Waals surface area contributed by atoms with Crippen LogP contribution >= 0.6 is 11.3 Å². The number of hydrogen-bond acceptors (Lipinski definition) is 5. The number of quaternary nitrogens is 1. The molecular weight excluding hydrogens is 378 g/mol. The van der Waals surface area contributed by atoms with Gasteiger partial charge in [0.2, 0.25) is 11.8 Å². The molecule has 2 N–H and O–H groups in total. The Balaban J connectivity index is 1.35. The number of nitrogens with zero attached hydrogens (tertiary/aromatic N) is 3. The second kappa shape index (κ2) is 7.63. The van der Waals surface area contributed by atoms with Crippen molar-refractivity contribution in [2.45, 2.75) is 33.2 Å². The van der Waals surface area contributed by atoms with Crippen LogP contribution in [-0.4, -0.2) is 70.9 Å². The first-order chi connectivity index (χ1) is 13.4. The molecule has 2 aliphatic heterocycles. The van der Waals surface area contributed by atoms with Gasteiger partial charge in [-0.15, -0.1) is 11.3 Å². The minimum absolute atomic E-state index is 0.0341. The Hall–Kier alpha value is -2.26. The van der Waals surface area contributed by atoms with Gasteiger partial charge < -0.3 is 19.7 Å². The van der Waals surface area contributed by atoms with Gasteiger partial charge in [0.15, 0.2) is 5.82 Å². The summed E-state index contributed by atoms with van der Waals surface area (Å²) in [4.78, 5) is 50.9. The summed E-state index contributed by atoms with van der Waals surface area (Å²) in [6.07, 6.45) is 1.41. The van der Waals surface area contributed by atoms with Crippen molar-refractivity contribution < 1.29 is 14.5 Å². The molecule has 0 aliphatic carbocycles. The molecule has 0 bridgehead atoms. The number of aromatic amines is 1. The predicted octanol–water partition coefficient (Wildman–Crippen LogP) is -0.549. The molecule has 8 nitrogen and oxygen atoms in total. The molecule has 0 unspecified atom stereocenters. The van der Waals surface area contributed by atoms with Crippen molar-refractivity contribution in [2.75, 3.05) is 39.3 Å². The Bertz CT molecular complexity index is 974. The number of aromatic nitrogens is 2. The number of fused-ring (bicyclic) bond motifs is 1. The maximum Gasteiger partial charge on any atom is 0.260 e. The molecule has 0 atom stereocenters. The second-order valence-electron chi connectivity index (χ2n) is 7.70. The molecular formula is C19H26N5O3S+. The van der Waals surface area contributed by atoms with E-state index in [9.17, 15) is 14.4 Å². The fourth-order valence-corrected chi connectivity index (χ4v) is 5.05. The summed E-state index contributed by atoms with van der Waals surface area (Å²) in [5.41, 5.74) is 0.946. The summed E-state index contributed by atoms with van der Waals surface area (Å²) < 4.78 is 0. The molecule has 2 saturated heterocycles. The van der Waals surface area contributed by atoms with Gasteiger partial charge in [-0.25, -0.2) is 4.98 Å². The Morgan fingerprint density at radius 1 is 1.21 bits per heavy atom. The van der Waals surface area contributed by atoms with E-state index in [4.69, 9.17) is 0 Å². The van der Waals surface area contributed by atoms with Crippen LogP contribution in [0.2, 0.25) is 0 Å². The van der Waals surface area contributed by atoms with Crippen molar-refractivity contribution in [2.24, 2.45) is 0 Å². The van der Waals surface area contributed by atoms with E-state index in [0.717, 1.165) is 34.8 Å². The highest BCUT2D eigenvalue weighted by molar-refractivity contribution is 7.18. The molecule has 28 heavy (non-hydrogen) atoms. The third kappa shape index (κ3) is 3.68. The lowest BCUT2D eigenvalue weighted by atomic mass is 10.2. The number of piperazine rings is 1. The molecule has 2 amide bonds. The Morgan fingerprint density at radius 3 is 2.64 bits per heavy atom. The molecule has 150 valence electrons. The standard InChI is InChI=1S/C19H25N5O3S/c1-12-13(2)28-19-17(12)18(27)20-14(21-19)10-22-6-8-23(9-7-22)16(26)11-24-5-3-4-15(24)25/h3-11H2,1-2H3,(H,20,21,27)/p+1. The monoisotopic (exact) mass is 404 g/mol. The minimum Gasteiger partial charge on any atom is -0.333 e.